The van der Waals surface area contributed by atoms with Gasteiger partial charge in [0.2, 0.25) is 0 Å². The van der Waals surface area contributed by atoms with Gasteiger partial charge in [-0.25, -0.2) is 4.39 Å². The minimum atomic E-state index is -0.207. The van der Waals surface area contributed by atoms with Gasteiger partial charge in [-0.15, -0.1) is 0 Å². The summed E-state index contributed by atoms with van der Waals surface area (Å²) in [4.78, 5) is 0. The number of hydrogen-bond acceptors (Lipinski definition) is 2. The van der Waals surface area contributed by atoms with E-state index in [0.29, 0.717) is 5.56 Å². The molecule has 0 bridgehead atoms. The van der Waals surface area contributed by atoms with Crippen molar-refractivity contribution in [3.05, 3.63) is 35.1 Å². The fourth-order valence-electron chi connectivity index (χ4n) is 2.02. The van der Waals surface area contributed by atoms with Gasteiger partial charge in [0.05, 0.1) is 12.0 Å². The van der Waals surface area contributed by atoms with Gasteiger partial charge in [-0.2, -0.15) is 5.26 Å². The largest absolute Gasteiger partial charge is 0.312 e. The number of benzene rings is 1. The van der Waals surface area contributed by atoms with Gasteiger partial charge in [-0.05, 0) is 37.1 Å². The standard InChI is InChI=1S/C14H19FN2/c1-9(2)12(8-16)14(17-4)11-5-6-13(15)10(3)7-11/h5-7,9,12,14,17H,1-4H3. The van der Waals surface area contributed by atoms with Gasteiger partial charge in [0.15, 0.2) is 0 Å². The first-order valence-electron chi connectivity index (χ1n) is 5.84. The van der Waals surface area contributed by atoms with Crippen LogP contribution in [0.4, 0.5) is 4.39 Å². The molecule has 2 atom stereocenters. The van der Waals surface area contributed by atoms with Crippen LogP contribution < -0.4 is 5.32 Å². The van der Waals surface area contributed by atoms with Crippen LogP contribution in [0.2, 0.25) is 0 Å². The summed E-state index contributed by atoms with van der Waals surface area (Å²) in [7, 11) is 1.83. The summed E-state index contributed by atoms with van der Waals surface area (Å²) < 4.78 is 13.2. The van der Waals surface area contributed by atoms with Crippen molar-refractivity contribution in [3.63, 3.8) is 0 Å². The number of nitrogens with one attached hydrogen (secondary N) is 1. The van der Waals surface area contributed by atoms with Crippen LogP contribution in [0.3, 0.4) is 0 Å². The van der Waals surface area contributed by atoms with E-state index in [1.807, 2.05) is 27.0 Å². The summed E-state index contributed by atoms with van der Waals surface area (Å²) >= 11 is 0. The molecule has 1 aromatic rings. The fraction of sp³-hybridized carbons (Fsp3) is 0.500. The van der Waals surface area contributed by atoms with Gasteiger partial charge >= 0.3 is 0 Å². The lowest BCUT2D eigenvalue weighted by Gasteiger charge is -2.25. The highest BCUT2D eigenvalue weighted by Gasteiger charge is 2.24. The smallest absolute Gasteiger partial charge is 0.126 e. The van der Waals surface area contributed by atoms with E-state index in [1.54, 1.807) is 13.0 Å². The van der Waals surface area contributed by atoms with Crippen molar-refractivity contribution in [2.75, 3.05) is 7.05 Å². The molecular formula is C14H19FN2. The van der Waals surface area contributed by atoms with Gasteiger partial charge < -0.3 is 5.32 Å². The normalized spacial score (nSPS) is 14.4. The lowest BCUT2D eigenvalue weighted by molar-refractivity contribution is 0.362. The van der Waals surface area contributed by atoms with Crippen molar-refractivity contribution >= 4 is 0 Å². The SMILES string of the molecule is CNC(c1ccc(F)c(C)c1)C(C#N)C(C)C. The third kappa shape index (κ3) is 3.04. The molecule has 0 amide bonds. The molecule has 92 valence electrons. The maximum absolute atomic E-state index is 13.2. The highest BCUT2D eigenvalue weighted by molar-refractivity contribution is 5.28. The van der Waals surface area contributed by atoms with Crippen molar-refractivity contribution in [2.24, 2.45) is 11.8 Å². The molecule has 0 aromatic heterocycles. The summed E-state index contributed by atoms with van der Waals surface area (Å²) in [6, 6.07) is 7.29. The maximum Gasteiger partial charge on any atom is 0.126 e. The summed E-state index contributed by atoms with van der Waals surface area (Å²) in [5.41, 5.74) is 1.58. The Balaban J connectivity index is 3.09. The van der Waals surface area contributed by atoms with Crippen LogP contribution in [0.1, 0.15) is 31.0 Å². The molecule has 0 radical (unpaired) electrons. The molecule has 2 nitrogen and oxygen atoms in total. The minimum Gasteiger partial charge on any atom is -0.312 e. The van der Waals surface area contributed by atoms with Crippen molar-refractivity contribution in [1.29, 1.82) is 5.26 Å². The molecule has 1 rings (SSSR count). The number of rotatable bonds is 4. The third-order valence-corrected chi connectivity index (χ3v) is 3.08. The predicted octanol–water partition coefficient (Wildman–Crippen LogP) is 3.19. The first kappa shape index (κ1) is 13.7. The van der Waals surface area contributed by atoms with Gasteiger partial charge in [-0.1, -0.05) is 26.0 Å². The maximum atomic E-state index is 13.2. The average Bonchev–Trinajstić information content (AvgIpc) is 2.29. The zero-order chi connectivity index (χ0) is 13.0. The summed E-state index contributed by atoms with van der Waals surface area (Å²) in [5.74, 6) is -0.0747. The van der Waals surface area contributed by atoms with E-state index in [0.717, 1.165) is 5.56 Å². The van der Waals surface area contributed by atoms with E-state index >= 15 is 0 Å². The van der Waals surface area contributed by atoms with Crippen molar-refractivity contribution < 1.29 is 4.39 Å². The number of nitrogens with zero attached hydrogens (tertiary/aromatic N) is 1. The summed E-state index contributed by atoms with van der Waals surface area (Å²) in [5, 5.41) is 12.4. The Kier molecular flexibility index (Phi) is 4.65. The van der Waals surface area contributed by atoms with E-state index in [2.05, 4.69) is 11.4 Å². The van der Waals surface area contributed by atoms with Crippen LogP contribution in [0.15, 0.2) is 18.2 Å². The molecule has 0 spiro atoms. The molecule has 0 aliphatic heterocycles. The van der Waals surface area contributed by atoms with Crippen LogP contribution in [-0.2, 0) is 0 Å². The highest BCUT2D eigenvalue weighted by atomic mass is 19.1. The van der Waals surface area contributed by atoms with E-state index in [1.165, 1.54) is 6.07 Å². The Labute approximate surface area is 102 Å². The van der Waals surface area contributed by atoms with Crippen LogP contribution in [0.25, 0.3) is 0 Å². The molecule has 0 aliphatic rings. The van der Waals surface area contributed by atoms with E-state index in [9.17, 15) is 9.65 Å². The predicted molar refractivity (Wildman–Crippen MR) is 66.9 cm³/mol. The van der Waals surface area contributed by atoms with Gasteiger partial charge in [0.25, 0.3) is 0 Å². The van der Waals surface area contributed by atoms with Gasteiger partial charge in [0, 0.05) is 6.04 Å². The fourth-order valence-corrected chi connectivity index (χ4v) is 2.02. The zero-order valence-electron chi connectivity index (χ0n) is 10.8. The monoisotopic (exact) mass is 234 g/mol. The molecule has 1 N–H and O–H groups in total. The molecule has 0 fully saturated rings. The molecule has 0 aliphatic carbocycles. The molecule has 0 heterocycles. The Morgan fingerprint density at radius 2 is 2.00 bits per heavy atom. The van der Waals surface area contributed by atoms with Crippen LogP contribution in [0.5, 0.6) is 0 Å². The van der Waals surface area contributed by atoms with Gasteiger partial charge in [-0.3, -0.25) is 0 Å². The van der Waals surface area contributed by atoms with Crippen molar-refractivity contribution in [1.82, 2.24) is 5.32 Å². The molecule has 0 saturated heterocycles. The van der Waals surface area contributed by atoms with Crippen LogP contribution in [-0.4, -0.2) is 7.05 Å². The second-order valence-corrected chi connectivity index (χ2v) is 4.67. The average molecular weight is 234 g/mol. The van der Waals surface area contributed by atoms with Crippen molar-refractivity contribution in [2.45, 2.75) is 26.8 Å². The molecule has 17 heavy (non-hydrogen) atoms. The van der Waals surface area contributed by atoms with Gasteiger partial charge in [0.1, 0.15) is 5.82 Å². The summed E-state index contributed by atoms with van der Waals surface area (Å²) in [6.45, 7) is 5.78. The molecule has 3 heteroatoms. The molecule has 1 aromatic carbocycles. The van der Waals surface area contributed by atoms with Crippen molar-refractivity contribution in [3.8, 4) is 6.07 Å². The minimum absolute atomic E-state index is 0.0562. The Bertz CT molecular complexity index is 421. The quantitative estimate of drug-likeness (QED) is 0.868. The first-order valence-corrected chi connectivity index (χ1v) is 5.84. The van der Waals surface area contributed by atoms with E-state index < -0.39 is 0 Å². The lowest BCUT2D eigenvalue weighted by atomic mass is 9.85. The van der Waals surface area contributed by atoms with Crippen LogP contribution >= 0.6 is 0 Å². The van der Waals surface area contributed by atoms with E-state index in [4.69, 9.17) is 0 Å². The third-order valence-electron chi connectivity index (χ3n) is 3.08. The molecular weight excluding hydrogens is 215 g/mol. The zero-order valence-corrected chi connectivity index (χ0v) is 10.8. The highest BCUT2D eigenvalue weighted by Crippen LogP contribution is 2.28. The molecule has 2 unspecified atom stereocenters. The number of hydrogen-bond donors (Lipinski definition) is 1. The van der Waals surface area contributed by atoms with E-state index in [-0.39, 0.29) is 23.7 Å². The Morgan fingerprint density at radius 3 is 2.41 bits per heavy atom. The summed E-state index contributed by atoms with van der Waals surface area (Å²) in [6.07, 6.45) is 0. The lowest BCUT2D eigenvalue weighted by Crippen LogP contribution is -2.27. The second-order valence-electron chi connectivity index (χ2n) is 4.67. The molecule has 0 saturated carbocycles. The van der Waals surface area contributed by atoms with Crippen LogP contribution in [0, 0.1) is 35.9 Å². The number of nitriles is 1. The number of aryl methyl sites for hydroxylation is 1. The first-order chi connectivity index (χ1) is 8.01. The Hall–Kier alpha value is -1.40. The topological polar surface area (TPSA) is 35.8 Å². The Morgan fingerprint density at radius 1 is 1.35 bits per heavy atom. The second kappa shape index (κ2) is 5.79. The number of halogens is 1.